The Bertz CT molecular complexity index is 1040. The summed E-state index contributed by atoms with van der Waals surface area (Å²) >= 11 is 1.77. The highest BCUT2D eigenvalue weighted by molar-refractivity contribution is 7.25. The maximum absolute atomic E-state index is 12.5. The summed E-state index contributed by atoms with van der Waals surface area (Å²) in [6, 6.07) is 18.1. The SMILES string of the molecule is CN(Cc1ccncc1)C(=O)Nc1ccc2sc3ccccc3c2c1. The first-order chi connectivity index (χ1) is 12.2. The number of carbonyl (C=O) groups is 1. The minimum Gasteiger partial charge on any atom is -0.323 e. The van der Waals surface area contributed by atoms with Gasteiger partial charge in [-0.15, -0.1) is 11.3 Å². The molecule has 0 aliphatic heterocycles. The Hall–Kier alpha value is -2.92. The van der Waals surface area contributed by atoms with Crippen molar-refractivity contribution in [3.8, 4) is 0 Å². The van der Waals surface area contributed by atoms with Gasteiger partial charge < -0.3 is 10.2 Å². The van der Waals surface area contributed by atoms with E-state index in [1.54, 1.807) is 35.7 Å². The number of benzene rings is 2. The highest BCUT2D eigenvalue weighted by Gasteiger charge is 2.11. The van der Waals surface area contributed by atoms with Crippen molar-refractivity contribution in [3.63, 3.8) is 0 Å². The monoisotopic (exact) mass is 347 g/mol. The normalized spacial score (nSPS) is 10.9. The van der Waals surface area contributed by atoms with Crippen molar-refractivity contribution < 1.29 is 4.79 Å². The number of hydrogen-bond acceptors (Lipinski definition) is 3. The van der Waals surface area contributed by atoms with E-state index in [4.69, 9.17) is 0 Å². The van der Waals surface area contributed by atoms with Crippen molar-refractivity contribution >= 4 is 43.2 Å². The Morgan fingerprint density at radius 1 is 1.04 bits per heavy atom. The summed E-state index contributed by atoms with van der Waals surface area (Å²) in [7, 11) is 1.79. The summed E-state index contributed by atoms with van der Waals surface area (Å²) in [5.74, 6) is 0. The summed E-state index contributed by atoms with van der Waals surface area (Å²) in [5, 5.41) is 5.39. The van der Waals surface area contributed by atoms with Crippen molar-refractivity contribution in [2.45, 2.75) is 6.54 Å². The van der Waals surface area contributed by atoms with Crippen LogP contribution in [-0.2, 0) is 6.54 Å². The Labute approximate surface area is 149 Å². The second kappa shape index (κ2) is 6.53. The number of pyridine rings is 1. The lowest BCUT2D eigenvalue weighted by Crippen LogP contribution is -2.30. The predicted molar refractivity (Wildman–Crippen MR) is 104 cm³/mol. The standard InChI is InChI=1S/C20H17N3OS/c1-23(13-14-8-10-21-11-9-14)20(24)22-15-6-7-19-17(12-15)16-4-2-3-5-18(16)25-19/h2-12H,13H2,1H3,(H,22,24). The number of amides is 2. The van der Waals surface area contributed by atoms with Gasteiger partial charge in [-0.1, -0.05) is 18.2 Å². The van der Waals surface area contributed by atoms with Crippen molar-refractivity contribution in [1.29, 1.82) is 0 Å². The molecule has 4 rings (SSSR count). The van der Waals surface area contributed by atoms with Crippen LogP contribution in [-0.4, -0.2) is 23.0 Å². The van der Waals surface area contributed by atoms with Gasteiger partial charge in [-0.2, -0.15) is 0 Å². The summed E-state index contributed by atoms with van der Waals surface area (Å²) in [6.45, 7) is 0.540. The van der Waals surface area contributed by atoms with Crippen LogP contribution in [0.15, 0.2) is 67.0 Å². The first-order valence-electron chi connectivity index (χ1n) is 8.03. The maximum Gasteiger partial charge on any atom is 0.321 e. The molecule has 124 valence electrons. The Morgan fingerprint density at radius 3 is 2.64 bits per heavy atom. The van der Waals surface area contributed by atoms with E-state index >= 15 is 0 Å². The van der Waals surface area contributed by atoms with Crippen LogP contribution in [0.3, 0.4) is 0 Å². The maximum atomic E-state index is 12.5. The average molecular weight is 347 g/mol. The molecule has 2 aromatic heterocycles. The summed E-state index contributed by atoms with van der Waals surface area (Å²) in [5.41, 5.74) is 1.86. The van der Waals surface area contributed by atoms with E-state index in [2.05, 4.69) is 34.6 Å². The average Bonchev–Trinajstić information content (AvgIpc) is 3.00. The van der Waals surface area contributed by atoms with Gasteiger partial charge in [0.15, 0.2) is 0 Å². The summed E-state index contributed by atoms with van der Waals surface area (Å²) < 4.78 is 2.49. The first kappa shape index (κ1) is 15.6. The minimum absolute atomic E-state index is 0.129. The molecular formula is C20H17N3OS. The van der Waals surface area contributed by atoms with Gasteiger partial charge in [-0.05, 0) is 42.0 Å². The molecule has 0 radical (unpaired) electrons. The van der Waals surface area contributed by atoms with Crippen molar-refractivity contribution in [1.82, 2.24) is 9.88 Å². The second-order valence-electron chi connectivity index (χ2n) is 5.95. The number of nitrogens with one attached hydrogen (secondary N) is 1. The van der Waals surface area contributed by atoms with Gasteiger partial charge in [0, 0.05) is 51.8 Å². The van der Waals surface area contributed by atoms with E-state index in [0.29, 0.717) is 6.54 Å². The van der Waals surface area contributed by atoms with E-state index < -0.39 is 0 Å². The van der Waals surface area contributed by atoms with Crippen LogP contribution >= 0.6 is 11.3 Å². The quantitative estimate of drug-likeness (QED) is 0.559. The van der Waals surface area contributed by atoms with Crippen LogP contribution in [0.5, 0.6) is 0 Å². The molecule has 2 heterocycles. The number of fused-ring (bicyclic) bond motifs is 3. The van der Waals surface area contributed by atoms with Gasteiger partial charge in [0.05, 0.1) is 0 Å². The highest BCUT2D eigenvalue weighted by atomic mass is 32.1. The molecule has 2 amide bonds. The molecule has 1 N–H and O–H groups in total. The molecule has 25 heavy (non-hydrogen) atoms. The minimum atomic E-state index is -0.129. The fraction of sp³-hybridized carbons (Fsp3) is 0.100. The van der Waals surface area contributed by atoms with E-state index in [1.807, 2.05) is 30.3 Å². The number of anilines is 1. The van der Waals surface area contributed by atoms with Gasteiger partial charge in [-0.25, -0.2) is 4.79 Å². The van der Waals surface area contributed by atoms with E-state index in [1.165, 1.54) is 20.2 Å². The number of thiophene rings is 1. The lowest BCUT2D eigenvalue weighted by atomic mass is 10.1. The van der Waals surface area contributed by atoms with Crippen molar-refractivity contribution in [3.05, 3.63) is 72.6 Å². The Balaban J connectivity index is 1.55. The lowest BCUT2D eigenvalue weighted by Gasteiger charge is -2.18. The third kappa shape index (κ3) is 3.19. The van der Waals surface area contributed by atoms with Crippen LogP contribution in [0.2, 0.25) is 0 Å². The zero-order valence-corrected chi connectivity index (χ0v) is 14.6. The molecular weight excluding hydrogens is 330 g/mol. The number of urea groups is 1. The third-order valence-corrected chi connectivity index (χ3v) is 5.30. The molecule has 2 aromatic carbocycles. The molecule has 0 atom stereocenters. The molecule has 0 spiro atoms. The fourth-order valence-electron chi connectivity index (χ4n) is 2.86. The van der Waals surface area contributed by atoms with Crippen molar-refractivity contribution in [2.75, 3.05) is 12.4 Å². The molecule has 5 heteroatoms. The topological polar surface area (TPSA) is 45.2 Å². The number of aromatic nitrogens is 1. The lowest BCUT2D eigenvalue weighted by molar-refractivity contribution is 0.220. The molecule has 0 saturated heterocycles. The number of nitrogens with zero attached hydrogens (tertiary/aromatic N) is 2. The fourth-order valence-corrected chi connectivity index (χ4v) is 3.94. The smallest absolute Gasteiger partial charge is 0.321 e. The molecule has 0 aliphatic carbocycles. The Morgan fingerprint density at radius 2 is 1.80 bits per heavy atom. The number of rotatable bonds is 3. The van der Waals surface area contributed by atoms with Crippen LogP contribution in [0.4, 0.5) is 10.5 Å². The van der Waals surface area contributed by atoms with Crippen LogP contribution < -0.4 is 5.32 Å². The van der Waals surface area contributed by atoms with Gasteiger partial charge in [0.25, 0.3) is 0 Å². The summed E-state index contributed by atoms with van der Waals surface area (Å²) in [6.07, 6.45) is 3.47. The molecule has 4 aromatic rings. The second-order valence-corrected chi connectivity index (χ2v) is 7.03. The molecule has 0 fully saturated rings. The van der Waals surface area contributed by atoms with Crippen molar-refractivity contribution in [2.24, 2.45) is 0 Å². The third-order valence-electron chi connectivity index (χ3n) is 4.14. The van der Waals surface area contributed by atoms with Crippen LogP contribution in [0.1, 0.15) is 5.56 Å². The predicted octanol–water partition coefficient (Wildman–Crippen LogP) is 5.11. The van der Waals surface area contributed by atoms with Gasteiger partial charge in [0.1, 0.15) is 0 Å². The van der Waals surface area contributed by atoms with E-state index in [0.717, 1.165) is 11.3 Å². The van der Waals surface area contributed by atoms with E-state index in [9.17, 15) is 4.79 Å². The highest BCUT2D eigenvalue weighted by Crippen LogP contribution is 2.35. The van der Waals surface area contributed by atoms with Crippen LogP contribution in [0, 0.1) is 0 Å². The molecule has 4 nitrogen and oxygen atoms in total. The number of hydrogen-bond donors (Lipinski definition) is 1. The molecule has 0 unspecified atom stereocenters. The largest absolute Gasteiger partial charge is 0.323 e. The Kier molecular flexibility index (Phi) is 4.07. The molecule has 0 aliphatic rings. The van der Waals surface area contributed by atoms with Gasteiger partial charge in [0.2, 0.25) is 0 Å². The molecule has 0 bridgehead atoms. The zero-order valence-electron chi connectivity index (χ0n) is 13.8. The first-order valence-corrected chi connectivity index (χ1v) is 8.85. The van der Waals surface area contributed by atoms with Gasteiger partial charge in [-0.3, -0.25) is 4.98 Å². The van der Waals surface area contributed by atoms with Crippen LogP contribution in [0.25, 0.3) is 20.2 Å². The van der Waals surface area contributed by atoms with E-state index in [-0.39, 0.29) is 6.03 Å². The molecule has 0 saturated carbocycles. The number of carbonyl (C=O) groups excluding carboxylic acids is 1. The zero-order chi connectivity index (χ0) is 17.2. The summed E-state index contributed by atoms with van der Waals surface area (Å²) in [4.78, 5) is 18.1. The van der Waals surface area contributed by atoms with Gasteiger partial charge >= 0.3 is 6.03 Å².